The van der Waals surface area contributed by atoms with E-state index in [4.69, 9.17) is 4.42 Å². The van der Waals surface area contributed by atoms with Crippen LogP contribution < -0.4 is 0 Å². The Morgan fingerprint density at radius 2 is 2.04 bits per heavy atom. The van der Waals surface area contributed by atoms with Gasteiger partial charge in [0.15, 0.2) is 11.5 Å². The molecule has 1 fully saturated rings. The molecule has 0 unspecified atom stereocenters. The number of β-amino-alcohol motifs (C(OH)–C–C–N with tert-alkyl or cyclic N) is 1. The zero-order chi connectivity index (χ0) is 17.4. The van der Waals surface area contributed by atoms with E-state index in [-0.39, 0.29) is 11.8 Å². The molecule has 0 radical (unpaired) electrons. The summed E-state index contributed by atoms with van der Waals surface area (Å²) >= 11 is 0. The Hall–Kier alpha value is -2.66. The Balaban J connectivity index is 1.51. The number of aryl methyl sites for hydroxylation is 1. The highest BCUT2D eigenvalue weighted by molar-refractivity contribution is 5.97. The number of benzene rings is 2. The van der Waals surface area contributed by atoms with Gasteiger partial charge in [-0.3, -0.25) is 4.79 Å². The minimum Gasteiger partial charge on any atom is -0.441 e. The summed E-state index contributed by atoms with van der Waals surface area (Å²) in [6, 6.07) is 15.3. The molecule has 25 heavy (non-hydrogen) atoms. The third-order valence-electron chi connectivity index (χ3n) is 4.84. The lowest BCUT2D eigenvalue weighted by Crippen LogP contribution is -2.45. The number of oxazole rings is 1. The summed E-state index contributed by atoms with van der Waals surface area (Å²) in [5.74, 6) is 0.574. The number of piperidine rings is 1. The van der Waals surface area contributed by atoms with Crippen LogP contribution in [0.2, 0.25) is 0 Å². The minimum atomic E-state index is -0.559. The van der Waals surface area contributed by atoms with E-state index in [1.165, 1.54) is 0 Å². The van der Waals surface area contributed by atoms with Gasteiger partial charge in [-0.15, -0.1) is 0 Å². The summed E-state index contributed by atoms with van der Waals surface area (Å²) < 4.78 is 5.51. The molecule has 2 atom stereocenters. The van der Waals surface area contributed by atoms with E-state index in [1.54, 1.807) is 30.0 Å². The van der Waals surface area contributed by atoms with Crippen molar-refractivity contribution in [1.29, 1.82) is 0 Å². The van der Waals surface area contributed by atoms with Gasteiger partial charge >= 0.3 is 0 Å². The van der Waals surface area contributed by atoms with E-state index in [0.29, 0.717) is 30.1 Å². The summed E-state index contributed by atoms with van der Waals surface area (Å²) in [7, 11) is 0. The van der Waals surface area contributed by atoms with Crippen molar-refractivity contribution in [3.05, 3.63) is 65.5 Å². The zero-order valence-corrected chi connectivity index (χ0v) is 14.1. The van der Waals surface area contributed by atoms with E-state index in [2.05, 4.69) is 4.98 Å². The highest BCUT2D eigenvalue weighted by Crippen LogP contribution is 2.29. The monoisotopic (exact) mass is 336 g/mol. The molecular formula is C20H20N2O3. The SMILES string of the molecule is Cc1nc2ccc(C(=O)N3CC[C@H](c4ccccc4)[C@H](O)C3)cc2o1. The molecule has 1 saturated heterocycles. The molecule has 2 heterocycles. The van der Waals surface area contributed by atoms with Crippen LogP contribution >= 0.6 is 0 Å². The number of hydrogen-bond donors (Lipinski definition) is 1. The van der Waals surface area contributed by atoms with Crippen LogP contribution in [0.3, 0.4) is 0 Å². The van der Waals surface area contributed by atoms with Gasteiger partial charge in [0.05, 0.1) is 6.10 Å². The first-order valence-corrected chi connectivity index (χ1v) is 8.51. The van der Waals surface area contributed by atoms with Crippen LogP contribution in [0.25, 0.3) is 11.1 Å². The molecule has 1 aliphatic heterocycles. The van der Waals surface area contributed by atoms with Gasteiger partial charge in [0, 0.05) is 31.5 Å². The maximum atomic E-state index is 12.8. The third kappa shape index (κ3) is 3.03. The maximum Gasteiger partial charge on any atom is 0.254 e. The Bertz CT molecular complexity index is 904. The molecule has 0 spiro atoms. The second-order valence-electron chi connectivity index (χ2n) is 6.54. The van der Waals surface area contributed by atoms with Crippen LogP contribution in [-0.4, -0.2) is 40.1 Å². The number of aliphatic hydroxyl groups is 1. The van der Waals surface area contributed by atoms with E-state index in [1.807, 2.05) is 30.3 Å². The third-order valence-corrected chi connectivity index (χ3v) is 4.84. The molecule has 2 aromatic carbocycles. The van der Waals surface area contributed by atoms with E-state index in [0.717, 1.165) is 17.5 Å². The summed E-state index contributed by atoms with van der Waals surface area (Å²) in [6.45, 7) is 2.75. The van der Waals surface area contributed by atoms with Crippen molar-refractivity contribution in [2.45, 2.75) is 25.4 Å². The average molecular weight is 336 g/mol. The Labute approximate surface area is 145 Å². The zero-order valence-electron chi connectivity index (χ0n) is 14.1. The molecule has 0 saturated carbocycles. The Morgan fingerprint density at radius 1 is 1.24 bits per heavy atom. The number of rotatable bonds is 2. The molecule has 5 nitrogen and oxygen atoms in total. The highest BCUT2D eigenvalue weighted by atomic mass is 16.3. The summed E-state index contributed by atoms with van der Waals surface area (Å²) in [4.78, 5) is 18.8. The standard InChI is InChI=1S/C20H20N2O3/c1-13-21-17-8-7-15(11-19(17)25-13)20(24)22-10-9-16(18(23)12-22)14-5-3-2-4-6-14/h2-8,11,16,18,23H,9-10,12H2,1H3/t16-,18-/m1/s1. The van der Waals surface area contributed by atoms with Gasteiger partial charge in [0.2, 0.25) is 0 Å². The highest BCUT2D eigenvalue weighted by Gasteiger charge is 2.31. The summed E-state index contributed by atoms with van der Waals surface area (Å²) in [5, 5.41) is 10.5. The number of fused-ring (bicyclic) bond motifs is 1. The number of amides is 1. The molecule has 1 N–H and O–H groups in total. The fourth-order valence-electron chi connectivity index (χ4n) is 3.56. The van der Waals surface area contributed by atoms with Crippen LogP contribution in [0.15, 0.2) is 52.9 Å². The topological polar surface area (TPSA) is 66.6 Å². The largest absolute Gasteiger partial charge is 0.441 e. The summed E-state index contributed by atoms with van der Waals surface area (Å²) in [5.41, 5.74) is 3.05. The molecule has 1 aliphatic rings. The van der Waals surface area contributed by atoms with Gasteiger partial charge < -0.3 is 14.4 Å². The Morgan fingerprint density at radius 3 is 2.80 bits per heavy atom. The average Bonchev–Trinajstić information content (AvgIpc) is 3.01. The fraction of sp³-hybridized carbons (Fsp3) is 0.300. The number of carbonyl (C=O) groups is 1. The molecule has 0 bridgehead atoms. The first-order chi connectivity index (χ1) is 12.1. The van der Waals surface area contributed by atoms with Crippen molar-refractivity contribution in [3.63, 3.8) is 0 Å². The lowest BCUT2D eigenvalue weighted by molar-refractivity contribution is 0.0382. The molecule has 4 rings (SSSR count). The molecule has 5 heteroatoms. The number of aliphatic hydroxyl groups excluding tert-OH is 1. The molecule has 3 aromatic rings. The first kappa shape index (κ1) is 15.8. The predicted molar refractivity (Wildman–Crippen MR) is 94.5 cm³/mol. The van der Waals surface area contributed by atoms with Gasteiger partial charge in [-0.05, 0) is 30.2 Å². The van der Waals surface area contributed by atoms with E-state index >= 15 is 0 Å². The van der Waals surface area contributed by atoms with Crippen molar-refractivity contribution < 1.29 is 14.3 Å². The van der Waals surface area contributed by atoms with Crippen LogP contribution in [0.5, 0.6) is 0 Å². The minimum absolute atomic E-state index is 0.0738. The maximum absolute atomic E-state index is 12.8. The van der Waals surface area contributed by atoms with Gasteiger partial charge in [0.1, 0.15) is 5.52 Å². The predicted octanol–water partition coefficient (Wildman–Crippen LogP) is 3.13. The summed E-state index contributed by atoms with van der Waals surface area (Å²) in [6.07, 6.45) is 0.192. The Kier molecular flexibility index (Phi) is 4.01. The van der Waals surface area contributed by atoms with Crippen LogP contribution in [0.1, 0.15) is 34.2 Å². The van der Waals surface area contributed by atoms with Crippen molar-refractivity contribution in [2.75, 3.05) is 13.1 Å². The van der Waals surface area contributed by atoms with Crippen LogP contribution in [0, 0.1) is 6.92 Å². The number of hydrogen-bond acceptors (Lipinski definition) is 4. The van der Waals surface area contributed by atoms with Gasteiger partial charge in [-0.25, -0.2) is 4.98 Å². The fourth-order valence-corrected chi connectivity index (χ4v) is 3.56. The van der Waals surface area contributed by atoms with Crippen molar-refractivity contribution in [2.24, 2.45) is 0 Å². The quantitative estimate of drug-likeness (QED) is 0.781. The van der Waals surface area contributed by atoms with E-state index < -0.39 is 6.10 Å². The van der Waals surface area contributed by atoms with Crippen molar-refractivity contribution >= 4 is 17.0 Å². The smallest absolute Gasteiger partial charge is 0.254 e. The number of aromatic nitrogens is 1. The van der Waals surface area contributed by atoms with Gasteiger partial charge in [0.25, 0.3) is 5.91 Å². The lowest BCUT2D eigenvalue weighted by Gasteiger charge is -2.36. The molecule has 128 valence electrons. The molecular weight excluding hydrogens is 316 g/mol. The number of likely N-dealkylation sites (tertiary alicyclic amines) is 1. The number of nitrogens with zero attached hydrogens (tertiary/aromatic N) is 2. The normalized spacial score (nSPS) is 20.8. The van der Waals surface area contributed by atoms with Gasteiger partial charge in [-0.2, -0.15) is 0 Å². The van der Waals surface area contributed by atoms with Crippen LogP contribution in [-0.2, 0) is 0 Å². The second kappa shape index (κ2) is 6.33. The second-order valence-corrected chi connectivity index (χ2v) is 6.54. The van der Waals surface area contributed by atoms with E-state index in [9.17, 15) is 9.90 Å². The first-order valence-electron chi connectivity index (χ1n) is 8.51. The van der Waals surface area contributed by atoms with Crippen molar-refractivity contribution in [1.82, 2.24) is 9.88 Å². The van der Waals surface area contributed by atoms with Crippen molar-refractivity contribution in [3.8, 4) is 0 Å². The molecule has 0 aliphatic carbocycles. The lowest BCUT2D eigenvalue weighted by atomic mass is 9.87. The number of carbonyl (C=O) groups excluding carboxylic acids is 1. The van der Waals surface area contributed by atoms with Gasteiger partial charge in [-0.1, -0.05) is 30.3 Å². The van der Waals surface area contributed by atoms with Crippen LogP contribution in [0.4, 0.5) is 0 Å². The molecule has 1 aromatic heterocycles. The molecule has 1 amide bonds.